The normalized spacial score (nSPS) is 13.5. The van der Waals surface area contributed by atoms with Crippen molar-refractivity contribution in [2.45, 2.75) is 38.6 Å². The summed E-state index contributed by atoms with van der Waals surface area (Å²) in [5.41, 5.74) is 3.08. The van der Waals surface area contributed by atoms with E-state index < -0.39 is 0 Å². The van der Waals surface area contributed by atoms with Crippen LogP contribution >= 0.6 is 23.2 Å². The lowest BCUT2D eigenvalue weighted by Crippen LogP contribution is -2.31. The fraction of sp³-hybridized carbons (Fsp3) is 0.261. The van der Waals surface area contributed by atoms with E-state index in [0.29, 0.717) is 27.0 Å². The number of hydrogen-bond donors (Lipinski definition) is 3. The van der Waals surface area contributed by atoms with Gasteiger partial charge in [-0.15, -0.1) is 0 Å². The molecule has 0 spiro atoms. The minimum atomic E-state index is -0.362. The lowest BCUT2D eigenvalue weighted by Gasteiger charge is -2.25. The zero-order chi connectivity index (χ0) is 22.8. The van der Waals surface area contributed by atoms with Gasteiger partial charge in [0.25, 0.3) is 0 Å². The highest BCUT2D eigenvalue weighted by Crippen LogP contribution is 2.39. The molecule has 3 aromatic rings. The standard InChI is InChI=1S/C23H22Cl2N4O3/c1-13(30)27-16-6-7-17(22(31)10-16)20-11-21(15-3-2-4-15)29(28-20)23(32)26-12-14-5-8-18(24)19(25)9-14/h5-11,15,31H,2-4,12H2,1H3,(H,26,32)(H,27,30). The zero-order valence-electron chi connectivity index (χ0n) is 17.4. The summed E-state index contributed by atoms with van der Waals surface area (Å²) in [5.74, 6) is -0.0163. The van der Waals surface area contributed by atoms with Crippen molar-refractivity contribution in [1.29, 1.82) is 0 Å². The second kappa shape index (κ2) is 9.22. The third-order valence-corrected chi connectivity index (χ3v) is 6.21. The van der Waals surface area contributed by atoms with Crippen molar-refractivity contribution in [3.8, 4) is 17.0 Å². The molecule has 1 fully saturated rings. The van der Waals surface area contributed by atoms with E-state index in [2.05, 4.69) is 15.7 Å². The fourth-order valence-corrected chi connectivity index (χ4v) is 3.94. The van der Waals surface area contributed by atoms with Crippen molar-refractivity contribution in [2.75, 3.05) is 5.32 Å². The molecule has 2 amide bonds. The zero-order valence-corrected chi connectivity index (χ0v) is 18.9. The molecule has 1 aliphatic carbocycles. The van der Waals surface area contributed by atoms with Gasteiger partial charge in [-0.1, -0.05) is 35.7 Å². The molecule has 3 N–H and O–H groups in total. The van der Waals surface area contributed by atoms with Gasteiger partial charge in [0.2, 0.25) is 5.91 Å². The highest BCUT2D eigenvalue weighted by Gasteiger charge is 2.27. The van der Waals surface area contributed by atoms with Gasteiger partial charge < -0.3 is 15.7 Å². The number of anilines is 1. The maximum Gasteiger partial charge on any atom is 0.342 e. The summed E-state index contributed by atoms with van der Waals surface area (Å²) in [5, 5.41) is 21.3. The molecule has 0 aliphatic heterocycles. The third-order valence-electron chi connectivity index (χ3n) is 5.47. The molecular formula is C23H22Cl2N4O3. The van der Waals surface area contributed by atoms with E-state index in [4.69, 9.17) is 23.2 Å². The van der Waals surface area contributed by atoms with Crippen molar-refractivity contribution in [3.63, 3.8) is 0 Å². The Morgan fingerprint density at radius 2 is 1.91 bits per heavy atom. The summed E-state index contributed by atoms with van der Waals surface area (Å²) < 4.78 is 1.37. The number of phenolic OH excluding ortho intramolecular Hbond substituents is 1. The Bertz CT molecular complexity index is 1190. The molecule has 2 aromatic carbocycles. The predicted molar refractivity (Wildman–Crippen MR) is 124 cm³/mol. The number of nitrogens with one attached hydrogen (secondary N) is 2. The minimum Gasteiger partial charge on any atom is -0.507 e. The smallest absolute Gasteiger partial charge is 0.342 e. The quantitative estimate of drug-likeness (QED) is 0.453. The van der Waals surface area contributed by atoms with Crippen LogP contribution in [0.25, 0.3) is 11.3 Å². The molecule has 1 saturated carbocycles. The van der Waals surface area contributed by atoms with Gasteiger partial charge in [0.05, 0.1) is 21.4 Å². The first kappa shape index (κ1) is 22.2. The average Bonchev–Trinajstić information content (AvgIpc) is 3.11. The van der Waals surface area contributed by atoms with Crippen molar-refractivity contribution in [3.05, 3.63) is 63.8 Å². The van der Waals surface area contributed by atoms with Gasteiger partial charge in [0, 0.05) is 36.7 Å². The van der Waals surface area contributed by atoms with Gasteiger partial charge in [0.15, 0.2) is 0 Å². The lowest BCUT2D eigenvalue weighted by atomic mass is 9.82. The van der Waals surface area contributed by atoms with Crippen molar-refractivity contribution >= 4 is 40.8 Å². The maximum atomic E-state index is 13.0. The maximum absolute atomic E-state index is 13.0. The minimum absolute atomic E-state index is 0.0303. The van der Waals surface area contributed by atoms with Gasteiger partial charge in [0.1, 0.15) is 5.75 Å². The molecule has 32 heavy (non-hydrogen) atoms. The van der Waals surface area contributed by atoms with E-state index in [1.165, 1.54) is 17.7 Å². The van der Waals surface area contributed by atoms with Crippen molar-refractivity contribution < 1.29 is 14.7 Å². The SMILES string of the molecule is CC(=O)Nc1ccc(-c2cc(C3CCC3)n(C(=O)NCc3ccc(Cl)c(Cl)c3)n2)c(O)c1. The lowest BCUT2D eigenvalue weighted by molar-refractivity contribution is -0.114. The number of hydrogen-bond acceptors (Lipinski definition) is 4. The average molecular weight is 473 g/mol. The van der Waals surface area contributed by atoms with Crippen LogP contribution in [0.15, 0.2) is 42.5 Å². The van der Waals surface area contributed by atoms with Crippen LogP contribution < -0.4 is 10.6 Å². The molecule has 0 atom stereocenters. The summed E-state index contributed by atoms with van der Waals surface area (Å²) in [7, 11) is 0. The Hall–Kier alpha value is -3.03. The number of aromatic hydroxyl groups is 1. The first-order chi connectivity index (χ1) is 15.3. The van der Waals surface area contributed by atoms with Crippen molar-refractivity contribution in [2.24, 2.45) is 0 Å². The molecule has 0 unspecified atom stereocenters. The van der Waals surface area contributed by atoms with Crippen molar-refractivity contribution in [1.82, 2.24) is 15.1 Å². The number of phenols is 1. The van der Waals surface area contributed by atoms with Crippen LogP contribution in [-0.2, 0) is 11.3 Å². The molecule has 0 radical (unpaired) electrons. The summed E-state index contributed by atoms with van der Waals surface area (Å²) in [6.45, 7) is 1.67. The van der Waals surface area contributed by atoms with Gasteiger partial charge in [-0.05, 0) is 48.7 Å². The first-order valence-electron chi connectivity index (χ1n) is 10.2. The first-order valence-corrected chi connectivity index (χ1v) is 11.0. The highest BCUT2D eigenvalue weighted by atomic mass is 35.5. The second-order valence-corrected chi connectivity index (χ2v) is 8.63. The number of carbonyl (C=O) groups is 2. The number of rotatable bonds is 5. The van der Waals surface area contributed by atoms with Crippen LogP contribution in [0, 0.1) is 0 Å². The Morgan fingerprint density at radius 3 is 2.53 bits per heavy atom. The number of aromatic nitrogens is 2. The molecule has 0 bridgehead atoms. The largest absolute Gasteiger partial charge is 0.507 e. The number of amides is 2. The van der Waals surface area contributed by atoms with Gasteiger partial charge in [-0.25, -0.2) is 4.79 Å². The fourth-order valence-electron chi connectivity index (χ4n) is 3.62. The number of halogens is 2. The van der Waals surface area contributed by atoms with E-state index >= 15 is 0 Å². The van der Waals surface area contributed by atoms with Crippen LogP contribution in [0.5, 0.6) is 5.75 Å². The summed E-state index contributed by atoms with van der Waals surface area (Å²) >= 11 is 12.0. The van der Waals surface area contributed by atoms with Gasteiger partial charge in [-0.2, -0.15) is 9.78 Å². The Balaban J connectivity index is 1.59. The van der Waals surface area contributed by atoms with Crippen LogP contribution in [-0.4, -0.2) is 26.8 Å². The molecule has 0 saturated heterocycles. The third kappa shape index (κ3) is 4.74. The van der Waals surface area contributed by atoms with E-state index in [-0.39, 0.29) is 30.2 Å². The summed E-state index contributed by atoms with van der Waals surface area (Å²) in [6, 6.07) is 11.5. The molecule has 9 heteroatoms. The van der Waals surface area contributed by atoms with Gasteiger partial charge >= 0.3 is 6.03 Å². The second-order valence-electron chi connectivity index (χ2n) is 7.81. The van der Waals surface area contributed by atoms with Gasteiger partial charge in [-0.3, -0.25) is 4.79 Å². The number of nitrogens with zero attached hydrogens (tertiary/aromatic N) is 2. The highest BCUT2D eigenvalue weighted by molar-refractivity contribution is 6.42. The van der Waals surface area contributed by atoms with E-state index in [1.54, 1.807) is 30.3 Å². The molecule has 4 rings (SSSR count). The number of carbonyl (C=O) groups excluding carboxylic acids is 2. The van der Waals surface area contributed by atoms with E-state index in [9.17, 15) is 14.7 Å². The van der Waals surface area contributed by atoms with E-state index in [1.807, 2.05) is 6.07 Å². The molecule has 1 heterocycles. The number of benzene rings is 2. The Morgan fingerprint density at radius 1 is 1.12 bits per heavy atom. The summed E-state index contributed by atoms with van der Waals surface area (Å²) in [6.07, 6.45) is 3.07. The molecule has 166 valence electrons. The topological polar surface area (TPSA) is 96.3 Å². The molecular weight excluding hydrogens is 451 g/mol. The Kier molecular flexibility index (Phi) is 6.39. The molecule has 1 aromatic heterocycles. The van der Waals surface area contributed by atoms with E-state index in [0.717, 1.165) is 30.5 Å². The van der Waals surface area contributed by atoms with Crippen LogP contribution in [0.1, 0.15) is 43.4 Å². The summed E-state index contributed by atoms with van der Waals surface area (Å²) in [4.78, 5) is 24.2. The monoisotopic (exact) mass is 472 g/mol. The molecule has 1 aliphatic rings. The Labute approximate surface area is 195 Å². The van der Waals surface area contributed by atoms with Crippen LogP contribution in [0.4, 0.5) is 10.5 Å². The van der Waals surface area contributed by atoms with Crippen LogP contribution in [0.2, 0.25) is 10.0 Å². The van der Waals surface area contributed by atoms with Crippen LogP contribution in [0.3, 0.4) is 0 Å². The molecule has 7 nitrogen and oxygen atoms in total. The predicted octanol–water partition coefficient (Wildman–Crippen LogP) is 5.55.